The van der Waals surface area contributed by atoms with Gasteiger partial charge >= 0.3 is 0 Å². The maximum Gasteiger partial charge on any atom is 0.153 e. The molecule has 1 aromatic heterocycles. The fourth-order valence-corrected chi connectivity index (χ4v) is 2.66. The zero-order chi connectivity index (χ0) is 14.8. The summed E-state index contributed by atoms with van der Waals surface area (Å²) in [4.78, 5) is 11.1. The number of hydrogen-bond donors (Lipinski definition) is 0. The molecule has 0 N–H and O–H groups in total. The molecule has 3 rings (SSSR count). The summed E-state index contributed by atoms with van der Waals surface area (Å²) in [6.07, 6.45) is 0.788. The molecule has 5 heteroatoms. The number of para-hydroxylation sites is 1. The fraction of sp³-hybridized carbons (Fsp3) is 0.125. The number of rotatable bonds is 4. The number of carbonyl (C=O) groups excluding carboxylic acids is 1. The highest BCUT2D eigenvalue weighted by Gasteiger charge is 2.10. The number of aromatic nitrogens is 2. The van der Waals surface area contributed by atoms with Gasteiger partial charge in [0.05, 0.1) is 11.1 Å². The second-order valence-corrected chi connectivity index (χ2v) is 5.59. The van der Waals surface area contributed by atoms with Crippen molar-refractivity contribution in [2.24, 2.45) is 7.05 Å². The first-order chi connectivity index (χ1) is 10.2. The van der Waals surface area contributed by atoms with Crippen LogP contribution in [-0.4, -0.2) is 16.1 Å². The van der Waals surface area contributed by atoms with E-state index in [0.29, 0.717) is 17.9 Å². The Morgan fingerprint density at radius 1 is 1.29 bits per heavy atom. The van der Waals surface area contributed by atoms with Crippen LogP contribution in [0.2, 0.25) is 0 Å². The minimum Gasteiger partial charge on any atom is -0.486 e. The molecule has 3 aromatic rings. The smallest absolute Gasteiger partial charge is 0.153 e. The van der Waals surface area contributed by atoms with E-state index in [4.69, 9.17) is 4.74 Å². The van der Waals surface area contributed by atoms with Crippen LogP contribution in [0.3, 0.4) is 0 Å². The van der Waals surface area contributed by atoms with Crippen molar-refractivity contribution in [1.29, 1.82) is 0 Å². The van der Waals surface area contributed by atoms with Gasteiger partial charge in [0.15, 0.2) is 6.29 Å². The average Bonchev–Trinajstić information content (AvgIpc) is 2.83. The van der Waals surface area contributed by atoms with E-state index >= 15 is 0 Å². The van der Waals surface area contributed by atoms with Gasteiger partial charge in [-0.15, -0.1) is 0 Å². The lowest BCUT2D eigenvalue weighted by molar-refractivity contribution is 0.111. The lowest BCUT2D eigenvalue weighted by Crippen LogP contribution is -2.00. The molecule has 0 fully saturated rings. The standard InChI is InChI=1S/C16H13BrN2O2/c1-19-15-5-3-2-4-13(15)14(18-19)10-21-16-7-6-12(17)8-11(16)9-20/h2-9H,10H2,1H3. The van der Waals surface area contributed by atoms with E-state index in [1.807, 2.05) is 42.1 Å². The summed E-state index contributed by atoms with van der Waals surface area (Å²) >= 11 is 3.34. The molecular weight excluding hydrogens is 332 g/mol. The minimum atomic E-state index is 0.323. The molecule has 1 heterocycles. The molecule has 0 saturated carbocycles. The highest BCUT2D eigenvalue weighted by molar-refractivity contribution is 9.10. The monoisotopic (exact) mass is 344 g/mol. The Morgan fingerprint density at radius 3 is 2.90 bits per heavy atom. The number of nitrogens with zero attached hydrogens (tertiary/aromatic N) is 2. The Hall–Kier alpha value is -2.14. The summed E-state index contributed by atoms with van der Waals surface area (Å²) in [5.74, 6) is 0.558. The Kier molecular flexibility index (Phi) is 3.75. The average molecular weight is 345 g/mol. The van der Waals surface area contributed by atoms with Gasteiger partial charge in [0.1, 0.15) is 18.1 Å². The summed E-state index contributed by atoms with van der Waals surface area (Å²) in [6.45, 7) is 0.323. The Labute approximate surface area is 130 Å². The van der Waals surface area contributed by atoms with E-state index in [2.05, 4.69) is 21.0 Å². The van der Waals surface area contributed by atoms with Crippen LogP contribution in [0.5, 0.6) is 5.75 Å². The van der Waals surface area contributed by atoms with E-state index in [1.54, 1.807) is 12.1 Å². The van der Waals surface area contributed by atoms with Crippen molar-refractivity contribution in [3.63, 3.8) is 0 Å². The van der Waals surface area contributed by atoms with Crippen molar-refractivity contribution < 1.29 is 9.53 Å². The SMILES string of the molecule is Cn1nc(COc2ccc(Br)cc2C=O)c2ccccc21. The third kappa shape index (κ3) is 2.69. The second-order valence-electron chi connectivity index (χ2n) is 4.68. The van der Waals surface area contributed by atoms with Gasteiger partial charge in [-0.1, -0.05) is 34.1 Å². The first-order valence-electron chi connectivity index (χ1n) is 6.47. The van der Waals surface area contributed by atoms with Crippen LogP contribution in [0.15, 0.2) is 46.9 Å². The minimum absolute atomic E-state index is 0.323. The van der Waals surface area contributed by atoms with Crippen LogP contribution in [0.1, 0.15) is 16.1 Å². The summed E-state index contributed by atoms with van der Waals surface area (Å²) in [7, 11) is 1.91. The predicted molar refractivity (Wildman–Crippen MR) is 84.6 cm³/mol. The number of aldehydes is 1. The molecule has 0 saturated heterocycles. The third-order valence-corrected chi connectivity index (χ3v) is 3.79. The van der Waals surface area contributed by atoms with E-state index in [9.17, 15) is 4.79 Å². The molecule has 0 radical (unpaired) electrons. The summed E-state index contributed by atoms with van der Waals surface area (Å²) < 4.78 is 8.44. The van der Waals surface area contributed by atoms with Crippen molar-refractivity contribution >= 4 is 33.1 Å². The first kappa shape index (κ1) is 13.8. The molecule has 0 aliphatic carbocycles. The molecular formula is C16H13BrN2O2. The zero-order valence-corrected chi connectivity index (χ0v) is 13.0. The molecule has 106 valence electrons. The molecule has 4 nitrogen and oxygen atoms in total. The lowest BCUT2D eigenvalue weighted by Gasteiger charge is -2.07. The van der Waals surface area contributed by atoms with E-state index in [0.717, 1.165) is 27.4 Å². The van der Waals surface area contributed by atoms with Gasteiger partial charge < -0.3 is 4.74 Å². The Balaban J connectivity index is 1.89. The number of aryl methyl sites for hydroxylation is 1. The quantitative estimate of drug-likeness (QED) is 0.677. The highest BCUT2D eigenvalue weighted by Crippen LogP contribution is 2.24. The van der Waals surface area contributed by atoms with Gasteiger partial charge in [0, 0.05) is 16.9 Å². The van der Waals surface area contributed by atoms with Gasteiger partial charge in [-0.2, -0.15) is 5.10 Å². The van der Waals surface area contributed by atoms with Gasteiger partial charge in [0.2, 0.25) is 0 Å². The molecule has 21 heavy (non-hydrogen) atoms. The number of benzene rings is 2. The fourth-order valence-electron chi connectivity index (χ4n) is 2.28. The first-order valence-corrected chi connectivity index (χ1v) is 7.26. The van der Waals surface area contributed by atoms with Gasteiger partial charge in [-0.25, -0.2) is 0 Å². The molecule has 0 unspecified atom stereocenters. The maximum absolute atomic E-state index is 11.1. The Bertz CT molecular complexity index is 811. The number of carbonyl (C=O) groups is 1. The van der Waals surface area contributed by atoms with Crippen LogP contribution in [0.4, 0.5) is 0 Å². The van der Waals surface area contributed by atoms with Gasteiger partial charge in [-0.3, -0.25) is 9.48 Å². The number of ether oxygens (including phenoxy) is 1. The lowest BCUT2D eigenvalue weighted by atomic mass is 10.2. The molecule has 2 aromatic carbocycles. The summed E-state index contributed by atoms with van der Waals surface area (Å²) in [5.41, 5.74) is 2.43. The summed E-state index contributed by atoms with van der Waals surface area (Å²) in [6, 6.07) is 13.3. The normalized spacial score (nSPS) is 10.8. The van der Waals surface area contributed by atoms with Gasteiger partial charge in [-0.05, 0) is 24.3 Å². The highest BCUT2D eigenvalue weighted by atomic mass is 79.9. The van der Waals surface area contributed by atoms with E-state index < -0.39 is 0 Å². The van der Waals surface area contributed by atoms with Crippen LogP contribution in [-0.2, 0) is 13.7 Å². The molecule has 0 aliphatic rings. The molecule has 0 aliphatic heterocycles. The van der Waals surface area contributed by atoms with E-state index in [-0.39, 0.29) is 0 Å². The van der Waals surface area contributed by atoms with Crippen molar-refractivity contribution in [2.45, 2.75) is 6.61 Å². The number of halogens is 1. The summed E-state index contributed by atoms with van der Waals surface area (Å²) in [5, 5.41) is 5.53. The largest absolute Gasteiger partial charge is 0.486 e. The van der Waals surface area contributed by atoms with E-state index in [1.165, 1.54) is 0 Å². The third-order valence-electron chi connectivity index (χ3n) is 3.30. The van der Waals surface area contributed by atoms with Crippen LogP contribution >= 0.6 is 15.9 Å². The topological polar surface area (TPSA) is 44.1 Å². The van der Waals surface area contributed by atoms with Crippen molar-refractivity contribution in [3.8, 4) is 5.75 Å². The van der Waals surface area contributed by atoms with Crippen molar-refractivity contribution in [3.05, 3.63) is 58.2 Å². The van der Waals surface area contributed by atoms with Crippen molar-refractivity contribution in [1.82, 2.24) is 9.78 Å². The molecule has 0 amide bonds. The van der Waals surface area contributed by atoms with Crippen LogP contribution < -0.4 is 4.74 Å². The van der Waals surface area contributed by atoms with Gasteiger partial charge in [0.25, 0.3) is 0 Å². The maximum atomic E-state index is 11.1. The Morgan fingerprint density at radius 2 is 2.10 bits per heavy atom. The van der Waals surface area contributed by atoms with Crippen LogP contribution in [0.25, 0.3) is 10.9 Å². The zero-order valence-electron chi connectivity index (χ0n) is 11.4. The van der Waals surface area contributed by atoms with Crippen molar-refractivity contribution in [2.75, 3.05) is 0 Å². The molecule has 0 bridgehead atoms. The van der Waals surface area contributed by atoms with Crippen LogP contribution in [0, 0.1) is 0 Å². The molecule has 0 spiro atoms. The number of fused-ring (bicyclic) bond motifs is 1. The number of hydrogen-bond acceptors (Lipinski definition) is 3. The predicted octanol–water partition coefficient (Wildman–Crippen LogP) is 3.73. The second kappa shape index (κ2) is 5.69. The molecule has 0 atom stereocenters.